The minimum Gasteiger partial charge on any atom is -0.375 e. The number of hydrazone groups is 1. The minimum absolute atomic E-state index is 0.269. The zero-order chi connectivity index (χ0) is 11.4. The molecule has 2 saturated carbocycles. The van der Waals surface area contributed by atoms with E-state index in [2.05, 4.69) is 10.5 Å². The lowest BCUT2D eigenvalue weighted by Crippen LogP contribution is -2.31. The molecule has 0 amide bonds. The van der Waals surface area contributed by atoms with E-state index in [9.17, 15) is 0 Å². The van der Waals surface area contributed by atoms with E-state index >= 15 is 0 Å². The topological polar surface area (TPSA) is 50.4 Å². The van der Waals surface area contributed by atoms with E-state index < -0.39 is 0 Å². The number of thiocarbonyl (C=S) groups is 1. The van der Waals surface area contributed by atoms with Gasteiger partial charge in [0.1, 0.15) is 0 Å². The van der Waals surface area contributed by atoms with Crippen LogP contribution in [-0.4, -0.2) is 10.8 Å². The van der Waals surface area contributed by atoms with Gasteiger partial charge in [-0.25, -0.2) is 0 Å². The molecule has 1 spiro atoms. The molecule has 0 aromatic heterocycles. The monoisotopic (exact) mass is 239 g/mol. The van der Waals surface area contributed by atoms with E-state index in [1.807, 2.05) is 0 Å². The van der Waals surface area contributed by atoms with Crippen LogP contribution >= 0.6 is 12.2 Å². The van der Waals surface area contributed by atoms with Gasteiger partial charge in [-0.15, -0.1) is 0 Å². The summed E-state index contributed by atoms with van der Waals surface area (Å²) in [5.41, 5.74) is 9.96. The van der Waals surface area contributed by atoms with Gasteiger partial charge in [0.05, 0.1) is 0 Å². The summed E-state index contributed by atoms with van der Waals surface area (Å²) in [6.45, 7) is 0. The Kier molecular flexibility index (Phi) is 3.79. The fourth-order valence-electron chi connectivity index (χ4n) is 3.12. The van der Waals surface area contributed by atoms with Crippen molar-refractivity contribution in [2.75, 3.05) is 0 Å². The van der Waals surface area contributed by atoms with Crippen LogP contribution in [0, 0.1) is 5.41 Å². The first-order valence-corrected chi connectivity index (χ1v) is 6.72. The molecule has 0 aromatic rings. The summed E-state index contributed by atoms with van der Waals surface area (Å²) < 4.78 is 0. The first-order chi connectivity index (χ1) is 7.70. The average molecular weight is 239 g/mol. The Morgan fingerprint density at radius 3 is 2.31 bits per heavy atom. The minimum atomic E-state index is 0.269. The zero-order valence-corrected chi connectivity index (χ0v) is 10.6. The van der Waals surface area contributed by atoms with Gasteiger partial charge in [-0.2, -0.15) is 5.10 Å². The summed E-state index contributed by atoms with van der Waals surface area (Å²) in [5, 5.41) is 4.53. The zero-order valence-electron chi connectivity index (χ0n) is 9.80. The number of rotatable bonds is 1. The van der Waals surface area contributed by atoms with Crippen LogP contribution < -0.4 is 11.2 Å². The Bertz CT molecular complexity index is 281. The molecule has 90 valence electrons. The van der Waals surface area contributed by atoms with Crippen molar-refractivity contribution in [1.29, 1.82) is 0 Å². The molecule has 0 unspecified atom stereocenters. The molecule has 2 fully saturated rings. The molecule has 0 saturated heterocycles. The van der Waals surface area contributed by atoms with Crippen molar-refractivity contribution in [3.8, 4) is 0 Å². The maximum Gasteiger partial charge on any atom is 0.184 e. The highest BCUT2D eigenvalue weighted by atomic mass is 32.1. The first kappa shape index (κ1) is 11.8. The molecule has 0 aliphatic heterocycles. The lowest BCUT2D eigenvalue weighted by molar-refractivity contribution is 0.153. The predicted molar refractivity (Wildman–Crippen MR) is 71.3 cm³/mol. The van der Waals surface area contributed by atoms with Crippen molar-refractivity contribution in [2.24, 2.45) is 16.3 Å². The van der Waals surface area contributed by atoms with E-state index in [0.717, 1.165) is 12.8 Å². The van der Waals surface area contributed by atoms with Crippen molar-refractivity contribution >= 4 is 23.0 Å². The number of nitrogens with zero attached hydrogens (tertiary/aromatic N) is 1. The number of hydrogen-bond donors (Lipinski definition) is 2. The summed E-state index contributed by atoms with van der Waals surface area (Å²) >= 11 is 4.74. The molecule has 16 heavy (non-hydrogen) atoms. The molecule has 0 aromatic carbocycles. The highest BCUT2D eigenvalue weighted by Gasteiger charge is 2.34. The molecule has 2 rings (SSSR count). The Balaban J connectivity index is 1.86. The van der Waals surface area contributed by atoms with E-state index in [4.69, 9.17) is 18.0 Å². The average Bonchev–Trinajstić information content (AvgIpc) is 2.29. The van der Waals surface area contributed by atoms with Crippen molar-refractivity contribution in [2.45, 2.75) is 57.8 Å². The van der Waals surface area contributed by atoms with Crippen molar-refractivity contribution in [1.82, 2.24) is 5.43 Å². The Labute approximate surface area is 103 Å². The third-order valence-electron chi connectivity index (χ3n) is 4.13. The van der Waals surface area contributed by atoms with Crippen LogP contribution in [0.1, 0.15) is 57.8 Å². The predicted octanol–water partition coefficient (Wildman–Crippen LogP) is 2.70. The smallest absolute Gasteiger partial charge is 0.184 e. The summed E-state index contributed by atoms with van der Waals surface area (Å²) in [7, 11) is 0. The highest BCUT2D eigenvalue weighted by Crippen LogP contribution is 2.46. The second kappa shape index (κ2) is 5.13. The summed E-state index contributed by atoms with van der Waals surface area (Å²) in [6.07, 6.45) is 12.0. The molecule has 0 heterocycles. The van der Waals surface area contributed by atoms with E-state index in [-0.39, 0.29) is 5.11 Å². The summed E-state index contributed by atoms with van der Waals surface area (Å²) in [5.74, 6) is 0. The van der Waals surface area contributed by atoms with Crippen LogP contribution in [0.3, 0.4) is 0 Å². The van der Waals surface area contributed by atoms with Crippen molar-refractivity contribution in [3.05, 3.63) is 0 Å². The van der Waals surface area contributed by atoms with Crippen LogP contribution in [0.4, 0.5) is 0 Å². The van der Waals surface area contributed by atoms with Crippen molar-refractivity contribution in [3.63, 3.8) is 0 Å². The highest BCUT2D eigenvalue weighted by molar-refractivity contribution is 7.80. The lowest BCUT2D eigenvalue weighted by atomic mass is 9.65. The number of hydrogen-bond acceptors (Lipinski definition) is 2. The van der Waals surface area contributed by atoms with Crippen molar-refractivity contribution < 1.29 is 0 Å². The van der Waals surface area contributed by atoms with Gasteiger partial charge in [0.25, 0.3) is 0 Å². The fraction of sp³-hybridized carbons (Fsp3) is 0.833. The third-order valence-corrected chi connectivity index (χ3v) is 4.22. The van der Waals surface area contributed by atoms with Crippen LogP contribution in [-0.2, 0) is 0 Å². The second-order valence-electron chi connectivity index (χ2n) is 5.21. The summed E-state index contributed by atoms with van der Waals surface area (Å²) in [4.78, 5) is 0. The van der Waals surface area contributed by atoms with E-state index in [1.54, 1.807) is 0 Å². The quantitative estimate of drug-likeness (QED) is 0.546. The van der Waals surface area contributed by atoms with Crippen LogP contribution in [0.15, 0.2) is 5.10 Å². The Hall–Kier alpha value is -0.640. The molecule has 0 radical (unpaired) electrons. The molecular formula is C12H21N3S. The van der Waals surface area contributed by atoms with E-state index in [0.29, 0.717) is 5.41 Å². The Morgan fingerprint density at radius 1 is 1.12 bits per heavy atom. The third kappa shape index (κ3) is 2.94. The first-order valence-electron chi connectivity index (χ1n) is 6.31. The van der Waals surface area contributed by atoms with Gasteiger partial charge in [0.15, 0.2) is 5.11 Å². The summed E-state index contributed by atoms with van der Waals surface area (Å²) in [6, 6.07) is 0. The molecule has 0 atom stereocenters. The molecule has 2 aliphatic carbocycles. The molecule has 4 heteroatoms. The molecule has 0 bridgehead atoms. The van der Waals surface area contributed by atoms with Crippen LogP contribution in [0.2, 0.25) is 0 Å². The van der Waals surface area contributed by atoms with Crippen LogP contribution in [0.5, 0.6) is 0 Å². The molecule has 3 nitrogen and oxygen atoms in total. The fourth-order valence-corrected chi connectivity index (χ4v) is 3.16. The largest absolute Gasteiger partial charge is 0.375 e. The van der Waals surface area contributed by atoms with Gasteiger partial charge in [-0.05, 0) is 56.2 Å². The SMILES string of the molecule is NC(=S)NN=C1CCC2(CCCCC2)CC1. The Morgan fingerprint density at radius 2 is 1.75 bits per heavy atom. The molecular weight excluding hydrogens is 218 g/mol. The lowest BCUT2D eigenvalue weighted by Gasteiger charge is -2.40. The van der Waals surface area contributed by atoms with Gasteiger partial charge < -0.3 is 5.73 Å². The standard InChI is InChI=1S/C12H21N3S/c13-11(16)15-14-10-4-8-12(9-5-10)6-2-1-3-7-12/h1-9H2,(H3,13,15,16). The maximum absolute atomic E-state index is 5.36. The van der Waals surface area contributed by atoms with Gasteiger partial charge in [-0.3, -0.25) is 5.43 Å². The number of nitrogens with one attached hydrogen (secondary N) is 1. The van der Waals surface area contributed by atoms with Gasteiger partial charge in [0.2, 0.25) is 0 Å². The van der Waals surface area contributed by atoms with Gasteiger partial charge in [0, 0.05) is 5.71 Å². The normalized spacial score (nSPS) is 24.1. The molecule has 2 aliphatic rings. The number of nitrogens with two attached hydrogens (primary N) is 1. The van der Waals surface area contributed by atoms with Crippen LogP contribution in [0.25, 0.3) is 0 Å². The maximum atomic E-state index is 5.36. The second-order valence-corrected chi connectivity index (χ2v) is 5.65. The van der Waals surface area contributed by atoms with Gasteiger partial charge >= 0.3 is 0 Å². The van der Waals surface area contributed by atoms with E-state index in [1.165, 1.54) is 50.7 Å². The van der Waals surface area contributed by atoms with Gasteiger partial charge in [-0.1, -0.05) is 19.3 Å². The molecule has 3 N–H and O–H groups in total.